The van der Waals surface area contributed by atoms with Gasteiger partial charge in [0.15, 0.2) is 17.7 Å². The molecule has 3 aliphatic rings. The van der Waals surface area contributed by atoms with Gasteiger partial charge in [-0.05, 0) is 113 Å². The molecule has 19 heteroatoms. The number of hydrogen-bond acceptors (Lipinski definition) is 16. The molecule has 470 valence electrons. The number of aliphatic carboxylic acids is 2. The summed E-state index contributed by atoms with van der Waals surface area (Å²) in [6, 6.07) is 2.02. The SMILES string of the molecule is CCC[C@H](C)C(=O)N(C)OC.CCC[C@H](C)C(=O)O.CCC[C@H](C)C(O)C#N.CCC[C@H](C)C(O)C(=O)CC1CC1.CCC[C@H](C)C(O)C(=O)O.CCC[C@H](C)C=O.CCC[C@H](N)C(O)C(=O)CC1CC1.CNOC.NC1CC1. The van der Waals surface area contributed by atoms with E-state index in [1.165, 1.54) is 37.9 Å². The maximum Gasteiger partial charge on any atom is 0.332 e. The molecule has 11 N–H and O–H groups in total. The van der Waals surface area contributed by atoms with Gasteiger partial charge in [-0.15, -0.1) is 0 Å². The summed E-state index contributed by atoms with van der Waals surface area (Å²) in [6.45, 7) is 25.4. The number of rotatable bonds is 30. The maximum atomic E-state index is 11.5. The smallest absolute Gasteiger partial charge is 0.332 e. The van der Waals surface area contributed by atoms with Gasteiger partial charge < -0.3 is 51.7 Å². The van der Waals surface area contributed by atoms with Crippen molar-refractivity contribution in [2.75, 3.05) is 28.3 Å². The van der Waals surface area contributed by atoms with Crippen LogP contribution in [0.5, 0.6) is 0 Å². The van der Waals surface area contributed by atoms with Crippen LogP contribution in [0, 0.1) is 58.7 Å². The average Bonchev–Trinajstić information content (AvgIpc) is 4.31. The fraction of sp³-hybridized carbons (Fsp3) is 0.883. The highest BCUT2D eigenvalue weighted by atomic mass is 16.7. The molecule has 3 aliphatic carbocycles. The molecule has 11 atom stereocenters. The van der Waals surface area contributed by atoms with Crippen LogP contribution >= 0.6 is 0 Å². The van der Waals surface area contributed by atoms with Crippen molar-refractivity contribution in [3.05, 3.63) is 0 Å². The van der Waals surface area contributed by atoms with Crippen molar-refractivity contribution in [1.29, 1.82) is 5.26 Å². The van der Waals surface area contributed by atoms with E-state index in [1.807, 2.05) is 55.4 Å². The number of aliphatic hydroxyl groups is 4. The summed E-state index contributed by atoms with van der Waals surface area (Å²) in [5.41, 5.74) is 13.3. The number of hydrogen-bond donors (Lipinski definition) is 9. The first-order valence-electron chi connectivity index (χ1n) is 29.6. The Bertz CT molecular complexity index is 1470. The zero-order valence-electron chi connectivity index (χ0n) is 52.7. The minimum absolute atomic E-state index is 0.0503. The number of nitrogens with zero attached hydrogens (tertiary/aromatic N) is 2. The first-order valence-corrected chi connectivity index (χ1v) is 29.6. The van der Waals surface area contributed by atoms with E-state index in [-0.39, 0.29) is 59.0 Å². The molecule has 3 fully saturated rings. The lowest BCUT2D eigenvalue weighted by Gasteiger charge is -2.17. The summed E-state index contributed by atoms with van der Waals surface area (Å²) in [6.07, 6.45) is 18.8. The molecule has 79 heavy (non-hydrogen) atoms. The van der Waals surface area contributed by atoms with Crippen LogP contribution in [0.4, 0.5) is 0 Å². The lowest BCUT2D eigenvalue weighted by Crippen LogP contribution is -2.40. The van der Waals surface area contributed by atoms with Gasteiger partial charge in [0.05, 0.1) is 26.2 Å². The van der Waals surface area contributed by atoms with Gasteiger partial charge in [0.25, 0.3) is 0 Å². The highest BCUT2D eigenvalue weighted by molar-refractivity contribution is 5.84. The molecular formula is C60H121N5O14. The third-order valence-electron chi connectivity index (χ3n) is 13.0. The highest BCUT2D eigenvalue weighted by Crippen LogP contribution is 2.34. The minimum atomic E-state index is -1.19. The molecule has 3 rings (SSSR count). The molecule has 0 aromatic rings. The number of nitriles is 1. The number of nitrogens with two attached hydrogens (primary N) is 2. The average molecular weight is 1140 g/mol. The molecule has 0 bridgehead atoms. The first kappa shape index (κ1) is 86.8. The lowest BCUT2D eigenvalue weighted by molar-refractivity contribution is -0.173. The van der Waals surface area contributed by atoms with Crippen molar-refractivity contribution in [3.63, 3.8) is 0 Å². The summed E-state index contributed by atoms with van der Waals surface area (Å²) in [5.74, 6) is -0.338. The Labute approximate surface area is 480 Å². The van der Waals surface area contributed by atoms with E-state index < -0.39 is 36.4 Å². The Morgan fingerprint density at radius 1 is 0.608 bits per heavy atom. The second-order valence-electron chi connectivity index (χ2n) is 21.6. The number of aliphatic hydroxyl groups excluding tert-OH is 4. The largest absolute Gasteiger partial charge is 0.481 e. The van der Waals surface area contributed by atoms with Crippen molar-refractivity contribution in [2.45, 2.75) is 268 Å². The zero-order valence-corrected chi connectivity index (χ0v) is 52.7. The van der Waals surface area contributed by atoms with Gasteiger partial charge in [0, 0.05) is 50.9 Å². The molecule has 0 aromatic carbocycles. The highest BCUT2D eigenvalue weighted by Gasteiger charge is 2.31. The number of nitrogens with one attached hydrogen (secondary N) is 1. The summed E-state index contributed by atoms with van der Waals surface area (Å²) in [4.78, 5) is 73.3. The third-order valence-corrected chi connectivity index (χ3v) is 13.0. The van der Waals surface area contributed by atoms with Gasteiger partial charge in [0.2, 0.25) is 5.91 Å². The van der Waals surface area contributed by atoms with E-state index in [9.17, 15) is 39.0 Å². The number of carboxylic acid groups (broad SMARTS) is 2. The molecule has 0 heterocycles. The first-order chi connectivity index (χ1) is 37.0. The van der Waals surface area contributed by atoms with Gasteiger partial charge in [-0.3, -0.25) is 24.0 Å². The molecule has 4 unspecified atom stereocenters. The molecule has 19 nitrogen and oxygen atoms in total. The van der Waals surface area contributed by atoms with E-state index in [1.54, 1.807) is 41.1 Å². The van der Waals surface area contributed by atoms with E-state index in [0.29, 0.717) is 30.7 Å². The van der Waals surface area contributed by atoms with Crippen LogP contribution in [0.2, 0.25) is 0 Å². The van der Waals surface area contributed by atoms with Crippen molar-refractivity contribution >= 4 is 35.7 Å². The second kappa shape index (κ2) is 57.8. The van der Waals surface area contributed by atoms with E-state index >= 15 is 0 Å². The second-order valence-corrected chi connectivity index (χ2v) is 21.6. The predicted molar refractivity (Wildman–Crippen MR) is 316 cm³/mol. The monoisotopic (exact) mass is 1140 g/mol. The molecule has 1 amide bonds. The summed E-state index contributed by atoms with van der Waals surface area (Å²) < 4.78 is 0. The number of carboxylic acids is 2. The normalized spacial score (nSPS) is 16.9. The molecule has 3 saturated carbocycles. The predicted octanol–water partition coefficient (Wildman–Crippen LogP) is 9.62. The van der Waals surface area contributed by atoms with Gasteiger partial charge in [-0.2, -0.15) is 5.26 Å². The fourth-order valence-corrected chi connectivity index (χ4v) is 6.84. The zero-order chi connectivity index (χ0) is 62.6. The van der Waals surface area contributed by atoms with Crippen LogP contribution in [0.1, 0.15) is 231 Å². The standard InChI is InChI=1S/C11H20O2.C10H19NO2.C8H17NO2.C7H13NO.C7H14O3.C6H12O2.C6H12O.C3H7N.C2H7NO/c1-3-4-8(2)11(13)10(12)7-9-5-6-9;1-2-3-8(11)10(13)9(12)6-7-4-5-7;1-5-6-7(2)8(10)9(3)11-4;1-3-4-6(2)7(9)5-8;1-3-4-5(2)6(8)7(9)10;1-3-4-5(2)6(7)8;1-3-4-6(2)5-7;4-3-1-2-3;1-3-4-2/h8-9,11,13H,3-7H2,1-2H3;7-8,10,13H,2-6,11H2,1H3;7H,5-6H2,1-4H3;6-7,9H,3-4H2,1-2H3;5-6,8H,3-4H2,1-2H3,(H,9,10);5H,3-4H2,1-2H3,(H,7,8);5-6H,3-4H2,1-2H3;3H,1-2,4H2;3H,1-2H3/t8-,11?;8-,10?;7-;6-,7?;5-,6?;5-;6-;;/m0000000../s1. The Kier molecular flexibility index (Phi) is 63.5. The topological polar surface area (TPSA) is 333 Å². The Balaban J connectivity index is -0.000000194. The Hall–Kier alpha value is -3.45. The summed E-state index contributed by atoms with van der Waals surface area (Å²) >= 11 is 0. The molecule has 0 spiro atoms. The quantitative estimate of drug-likeness (QED) is 0.0183. The van der Waals surface area contributed by atoms with Crippen LogP contribution in [-0.4, -0.2) is 136 Å². The number of amides is 1. The van der Waals surface area contributed by atoms with Gasteiger partial charge in [0.1, 0.15) is 24.6 Å². The van der Waals surface area contributed by atoms with Crippen LogP contribution < -0.4 is 16.9 Å². The third kappa shape index (κ3) is 59.0. The number of aldehydes is 1. The van der Waals surface area contributed by atoms with Gasteiger partial charge in [-0.25, -0.2) is 15.3 Å². The van der Waals surface area contributed by atoms with Crippen LogP contribution in [0.3, 0.4) is 0 Å². The summed E-state index contributed by atoms with van der Waals surface area (Å²) in [5, 5.41) is 63.1. The molecule has 0 saturated heterocycles. The molecule has 0 aliphatic heterocycles. The lowest BCUT2D eigenvalue weighted by atomic mass is 9.94. The number of hydroxylamine groups is 3. The maximum absolute atomic E-state index is 11.5. The van der Waals surface area contributed by atoms with Gasteiger partial charge in [-0.1, -0.05) is 135 Å². The van der Waals surface area contributed by atoms with Crippen molar-refractivity contribution in [2.24, 2.45) is 58.8 Å². The Morgan fingerprint density at radius 3 is 1.23 bits per heavy atom. The van der Waals surface area contributed by atoms with Crippen molar-refractivity contribution in [3.8, 4) is 6.07 Å². The number of carbonyl (C=O) groups excluding carboxylic acids is 4. The van der Waals surface area contributed by atoms with Crippen molar-refractivity contribution < 1.29 is 69.1 Å². The van der Waals surface area contributed by atoms with Crippen LogP contribution in [0.15, 0.2) is 0 Å². The fourth-order valence-electron chi connectivity index (χ4n) is 6.84. The van der Waals surface area contributed by atoms with Crippen LogP contribution in [-0.2, 0) is 38.4 Å². The Morgan fingerprint density at radius 2 is 0.962 bits per heavy atom. The molecule has 0 radical (unpaired) electrons. The summed E-state index contributed by atoms with van der Waals surface area (Å²) in [7, 11) is 6.41. The number of Topliss-reactive ketones (excluding diaryl/α,β-unsaturated/α-hetero) is 2. The number of ketones is 2. The van der Waals surface area contributed by atoms with E-state index in [4.69, 9.17) is 42.0 Å². The van der Waals surface area contributed by atoms with Crippen molar-refractivity contribution in [1.82, 2.24) is 10.5 Å². The van der Waals surface area contributed by atoms with Crippen LogP contribution in [0.25, 0.3) is 0 Å². The molecular weight excluding hydrogens is 1010 g/mol. The van der Waals surface area contributed by atoms with E-state index in [2.05, 4.69) is 31.1 Å². The van der Waals surface area contributed by atoms with Gasteiger partial charge >= 0.3 is 11.9 Å². The van der Waals surface area contributed by atoms with E-state index in [0.717, 1.165) is 109 Å². The minimum Gasteiger partial charge on any atom is -0.481 e. The number of carbonyl (C=O) groups is 6. The molecule has 0 aromatic heterocycles.